The molecule has 0 aromatic heterocycles. The molecule has 1 amide bonds. The van der Waals surface area contributed by atoms with Crippen molar-refractivity contribution in [3.8, 4) is 0 Å². The molecule has 0 heterocycles. The molecule has 0 aromatic carbocycles. The van der Waals surface area contributed by atoms with Gasteiger partial charge in [0.2, 0.25) is 5.91 Å². The highest BCUT2D eigenvalue weighted by Crippen LogP contribution is 2.17. The van der Waals surface area contributed by atoms with E-state index in [1.807, 2.05) is 0 Å². The Kier molecular flexibility index (Phi) is 53.3. The number of hydrogen-bond donors (Lipinski definition) is 5. The van der Waals surface area contributed by atoms with E-state index < -0.39 is 36.9 Å². The van der Waals surface area contributed by atoms with E-state index in [2.05, 4.69) is 55.6 Å². The minimum absolute atomic E-state index is 0.357. The first-order chi connectivity index (χ1) is 32.5. The average Bonchev–Trinajstić information content (AvgIpc) is 3.32. The van der Waals surface area contributed by atoms with E-state index in [1.165, 1.54) is 238 Å². The summed E-state index contributed by atoms with van der Waals surface area (Å²) in [5, 5.41) is 44.0. The predicted octanol–water partition coefficient (Wildman–Crippen LogP) is 17.2. The highest BCUT2D eigenvalue weighted by atomic mass is 16.3. The fraction of sp³-hybridized carbons (Fsp3) is 0.883. The Balaban J connectivity index is 3.68. The summed E-state index contributed by atoms with van der Waals surface area (Å²) in [6.07, 6.45) is 67.9. The van der Waals surface area contributed by atoms with Crippen molar-refractivity contribution in [2.75, 3.05) is 6.61 Å². The average molecular weight is 931 g/mol. The fourth-order valence-electron chi connectivity index (χ4n) is 9.18. The molecule has 0 bridgehead atoms. The standard InChI is InChI=1S/C60H115NO5/c1-3-5-7-9-11-13-15-17-19-21-23-25-27-29-30-32-33-35-37-39-41-43-45-47-49-51-53-57(63)59(65)56(55-62)61-60(66)58(64)54-52-50-48-46-44-42-40-38-36-34-31-28-26-24-22-20-18-16-14-12-10-8-6-4-2/h31,34,37,39,45,47,56-59,62-65H,3-30,32-33,35-36,38,40-44,46,48-55H2,1-2H3,(H,61,66)/b34-31-,39-37+,47-45+. The number of unbranched alkanes of at least 4 members (excludes halogenated alkanes) is 39. The molecule has 0 radical (unpaired) electrons. The second-order valence-electron chi connectivity index (χ2n) is 20.3. The number of hydrogen-bond acceptors (Lipinski definition) is 5. The number of aliphatic hydroxyl groups excluding tert-OH is 4. The van der Waals surface area contributed by atoms with Gasteiger partial charge < -0.3 is 25.7 Å². The molecule has 4 unspecified atom stereocenters. The van der Waals surface area contributed by atoms with Crippen LogP contribution in [0.5, 0.6) is 0 Å². The first-order valence-electron chi connectivity index (χ1n) is 29.4. The van der Waals surface area contributed by atoms with E-state index >= 15 is 0 Å². The summed E-state index contributed by atoms with van der Waals surface area (Å²) in [6.45, 7) is 4.07. The Morgan fingerprint density at radius 1 is 0.364 bits per heavy atom. The van der Waals surface area contributed by atoms with Gasteiger partial charge in [-0.3, -0.25) is 4.79 Å². The van der Waals surface area contributed by atoms with E-state index in [-0.39, 0.29) is 0 Å². The zero-order valence-electron chi connectivity index (χ0n) is 44.2. The van der Waals surface area contributed by atoms with E-state index in [0.717, 1.165) is 38.5 Å². The van der Waals surface area contributed by atoms with Crippen LogP contribution in [0.2, 0.25) is 0 Å². The van der Waals surface area contributed by atoms with Crippen molar-refractivity contribution in [2.45, 2.75) is 334 Å². The van der Waals surface area contributed by atoms with Crippen LogP contribution >= 0.6 is 0 Å². The van der Waals surface area contributed by atoms with Crippen LogP contribution in [0.1, 0.15) is 309 Å². The summed E-state index contributed by atoms with van der Waals surface area (Å²) < 4.78 is 0. The second kappa shape index (κ2) is 54.5. The lowest BCUT2D eigenvalue weighted by Gasteiger charge is -2.27. The number of aliphatic hydroxyl groups is 4. The maximum atomic E-state index is 12.6. The van der Waals surface area contributed by atoms with Gasteiger partial charge in [0.05, 0.1) is 18.8 Å². The van der Waals surface area contributed by atoms with Crippen molar-refractivity contribution in [1.82, 2.24) is 5.32 Å². The van der Waals surface area contributed by atoms with Crippen molar-refractivity contribution in [2.24, 2.45) is 0 Å². The van der Waals surface area contributed by atoms with Crippen LogP contribution in [0.3, 0.4) is 0 Å². The quantitative estimate of drug-likeness (QED) is 0.0308. The van der Waals surface area contributed by atoms with Crippen LogP contribution in [0.4, 0.5) is 0 Å². The van der Waals surface area contributed by atoms with Crippen molar-refractivity contribution >= 4 is 5.91 Å². The van der Waals surface area contributed by atoms with E-state index in [9.17, 15) is 25.2 Å². The zero-order chi connectivity index (χ0) is 48.1. The van der Waals surface area contributed by atoms with E-state index in [1.54, 1.807) is 0 Å². The van der Waals surface area contributed by atoms with Crippen LogP contribution in [0.15, 0.2) is 36.5 Å². The van der Waals surface area contributed by atoms with Crippen molar-refractivity contribution in [3.63, 3.8) is 0 Å². The fourth-order valence-corrected chi connectivity index (χ4v) is 9.18. The van der Waals surface area contributed by atoms with Crippen LogP contribution in [-0.2, 0) is 4.79 Å². The highest BCUT2D eigenvalue weighted by molar-refractivity contribution is 5.80. The van der Waals surface area contributed by atoms with Gasteiger partial charge >= 0.3 is 0 Å². The van der Waals surface area contributed by atoms with E-state index in [0.29, 0.717) is 19.3 Å². The Morgan fingerprint density at radius 3 is 0.955 bits per heavy atom. The van der Waals surface area contributed by atoms with Gasteiger partial charge in [-0.1, -0.05) is 269 Å². The Morgan fingerprint density at radius 2 is 0.636 bits per heavy atom. The largest absolute Gasteiger partial charge is 0.394 e. The summed E-state index contributed by atoms with van der Waals surface area (Å²) in [6, 6.07) is -1.01. The number of nitrogens with one attached hydrogen (secondary N) is 1. The number of carbonyl (C=O) groups is 1. The van der Waals surface area contributed by atoms with Gasteiger partial charge in [-0.15, -0.1) is 0 Å². The molecule has 0 spiro atoms. The van der Waals surface area contributed by atoms with Gasteiger partial charge in [0, 0.05) is 0 Å². The third-order valence-corrected chi connectivity index (χ3v) is 13.8. The van der Waals surface area contributed by atoms with Gasteiger partial charge in [0.15, 0.2) is 0 Å². The lowest BCUT2D eigenvalue weighted by molar-refractivity contribution is -0.132. The molecule has 6 heteroatoms. The third-order valence-electron chi connectivity index (χ3n) is 13.8. The number of carbonyl (C=O) groups excluding carboxylic acids is 1. The Hall–Kier alpha value is -1.47. The Bertz CT molecular complexity index is 1040. The molecular formula is C60H115NO5. The van der Waals surface area contributed by atoms with Crippen LogP contribution in [-0.4, -0.2) is 57.3 Å². The number of allylic oxidation sites excluding steroid dienone is 6. The first-order valence-corrected chi connectivity index (χ1v) is 29.4. The summed E-state index contributed by atoms with van der Waals surface area (Å²) in [5.41, 5.74) is 0. The minimum atomic E-state index is -1.29. The monoisotopic (exact) mass is 930 g/mol. The first kappa shape index (κ1) is 64.5. The molecular weight excluding hydrogens is 815 g/mol. The minimum Gasteiger partial charge on any atom is -0.394 e. The Labute approximate surface area is 411 Å². The maximum absolute atomic E-state index is 12.6. The van der Waals surface area contributed by atoms with Crippen LogP contribution in [0, 0.1) is 0 Å². The van der Waals surface area contributed by atoms with Gasteiger partial charge in [-0.05, 0) is 77.0 Å². The van der Waals surface area contributed by atoms with Crippen LogP contribution in [0.25, 0.3) is 0 Å². The molecule has 4 atom stereocenters. The smallest absolute Gasteiger partial charge is 0.249 e. The molecule has 66 heavy (non-hydrogen) atoms. The topological polar surface area (TPSA) is 110 Å². The highest BCUT2D eigenvalue weighted by Gasteiger charge is 2.28. The normalized spacial score (nSPS) is 14.0. The van der Waals surface area contributed by atoms with Crippen LogP contribution < -0.4 is 5.32 Å². The zero-order valence-corrected chi connectivity index (χ0v) is 44.2. The molecule has 0 rings (SSSR count). The van der Waals surface area contributed by atoms with E-state index in [4.69, 9.17) is 0 Å². The summed E-state index contributed by atoms with van der Waals surface area (Å²) in [7, 11) is 0. The number of amides is 1. The summed E-state index contributed by atoms with van der Waals surface area (Å²) in [4.78, 5) is 12.6. The molecule has 0 fully saturated rings. The predicted molar refractivity (Wildman–Crippen MR) is 288 cm³/mol. The third kappa shape index (κ3) is 47.6. The molecule has 390 valence electrons. The van der Waals surface area contributed by atoms with Crippen molar-refractivity contribution in [1.29, 1.82) is 0 Å². The molecule has 0 aliphatic heterocycles. The molecule has 0 saturated heterocycles. The van der Waals surface area contributed by atoms with Gasteiger partial charge in [-0.25, -0.2) is 0 Å². The SMILES string of the molecule is CCCCCCCCCCCCCC/C=C\CCCCCCCCCCC(O)C(=O)NC(CO)C(O)C(O)CCC/C=C/CC/C=C/CCCCCCCCCCCCCCCCCCC. The molecule has 0 aliphatic carbocycles. The molecule has 0 aromatic rings. The van der Waals surface area contributed by atoms with Gasteiger partial charge in [-0.2, -0.15) is 0 Å². The molecule has 0 aliphatic rings. The molecule has 0 saturated carbocycles. The lowest BCUT2D eigenvalue weighted by Crippen LogP contribution is -2.53. The van der Waals surface area contributed by atoms with Crippen molar-refractivity contribution in [3.05, 3.63) is 36.5 Å². The van der Waals surface area contributed by atoms with Crippen molar-refractivity contribution < 1.29 is 25.2 Å². The lowest BCUT2D eigenvalue weighted by atomic mass is 10.00. The maximum Gasteiger partial charge on any atom is 0.249 e. The van der Waals surface area contributed by atoms with Gasteiger partial charge in [0.1, 0.15) is 12.2 Å². The summed E-state index contributed by atoms with van der Waals surface area (Å²) in [5.74, 6) is -0.597. The van der Waals surface area contributed by atoms with Gasteiger partial charge in [0.25, 0.3) is 0 Å². The second-order valence-corrected chi connectivity index (χ2v) is 20.3. The summed E-state index contributed by atoms with van der Waals surface area (Å²) >= 11 is 0. The molecule has 5 N–H and O–H groups in total. The number of rotatable bonds is 54. The molecule has 6 nitrogen and oxygen atoms in total.